The highest BCUT2D eigenvalue weighted by atomic mass is 32.1. The third kappa shape index (κ3) is 3.51. The first-order valence-corrected chi connectivity index (χ1v) is 13.9. The van der Waals surface area contributed by atoms with Crippen LogP contribution in [0.25, 0.3) is 16.8 Å². The van der Waals surface area contributed by atoms with E-state index in [4.69, 9.17) is 4.99 Å². The van der Waals surface area contributed by atoms with Crippen molar-refractivity contribution in [2.75, 3.05) is 0 Å². The van der Waals surface area contributed by atoms with Gasteiger partial charge in [-0.05, 0) is 95.9 Å². The fourth-order valence-corrected chi connectivity index (χ4v) is 6.86. The molecule has 0 atom stereocenters. The van der Waals surface area contributed by atoms with Crippen molar-refractivity contribution in [1.82, 2.24) is 4.48 Å². The fraction of sp³-hybridized carbons (Fsp3) is 0. The van der Waals surface area contributed by atoms with Crippen molar-refractivity contribution in [3.63, 3.8) is 0 Å². The molecular weight excluding hydrogens is 467 g/mol. The first kappa shape index (κ1) is 19.9. The first-order chi connectivity index (χ1) is 15.9. The molecule has 6 heterocycles. The summed E-state index contributed by atoms with van der Waals surface area (Å²) in [5.41, 5.74) is 9.66. The lowest BCUT2D eigenvalue weighted by atomic mass is 9.51. The van der Waals surface area contributed by atoms with E-state index in [0.29, 0.717) is 0 Å². The summed E-state index contributed by atoms with van der Waals surface area (Å²) in [6.45, 7) is 0.0935. The zero-order valence-corrected chi connectivity index (χ0v) is 20.2. The summed E-state index contributed by atoms with van der Waals surface area (Å²) in [5.74, 6) is 0. The number of thiophene rings is 4. The molecule has 6 rings (SSSR count). The van der Waals surface area contributed by atoms with Crippen molar-refractivity contribution in [1.29, 1.82) is 0 Å². The van der Waals surface area contributed by atoms with Crippen LogP contribution in [0.2, 0.25) is 0 Å². The molecule has 0 fully saturated rings. The Bertz CT molecular complexity index is 1350. The summed E-state index contributed by atoms with van der Waals surface area (Å²) in [6, 6.07) is 13.4. The second kappa shape index (κ2) is 8.67. The topological polar surface area (TPSA) is 17.3 Å². The van der Waals surface area contributed by atoms with Crippen molar-refractivity contribution in [2.45, 2.75) is 0 Å². The lowest BCUT2D eigenvalue weighted by molar-refractivity contribution is 1.18. The Kier molecular flexibility index (Phi) is 5.41. The highest BCUT2D eigenvalue weighted by Gasteiger charge is 2.30. The smallest absolute Gasteiger partial charge is 0.329 e. The summed E-state index contributed by atoms with van der Waals surface area (Å²) >= 11 is 6.96. The molecule has 7 heteroatoms. The van der Waals surface area contributed by atoms with Crippen molar-refractivity contribution >= 4 is 74.9 Å². The molecule has 154 valence electrons. The Morgan fingerprint density at radius 1 is 0.750 bits per heavy atom. The van der Waals surface area contributed by atoms with E-state index in [2.05, 4.69) is 90.0 Å². The molecule has 0 spiro atoms. The SMILES string of the molecule is C1=C/C(=C(\c2ccsc2)c2ccc(-c3ccsc3)n2B(c2ccsc2)c2ccsc2)N=C1. The average molecular weight is 485 g/mol. The summed E-state index contributed by atoms with van der Waals surface area (Å²) in [7, 11) is 0. The maximum Gasteiger partial charge on any atom is 0.329 e. The number of aliphatic imine (C=N–C) groups is 1. The molecule has 0 amide bonds. The molecule has 0 unspecified atom stereocenters. The Morgan fingerprint density at radius 2 is 1.47 bits per heavy atom. The number of nitrogens with zero attached hydrogens (tertiary/aromatic N) is 2. The van der Waals surface area contributed by atoms with E-state index in [1.807, 2.05) is 12.3 Å². The third-order valence-electron chi connectivity index (χ3n) is 5.59. The zero-order valence-electron chi connectivity index (χ0n) is 16.9. The molecule has 0 bridgehead atoms. The van der Waals surface area contributed by atoms with Gasteiger partial charge in [-0.3, -0.25) is 4.99 Å². The van der Waals surface area contributed by atoms with E-state index < -0.39 is 0 Å². The molecule has 1 aliphatic heterocycles. The van der Waals surface area contributed by atoms with Crippen LogP contribution in [0.4, 0.5) is 0 Å². The largest absolute Gasteiger partial charge is 0.376 e. The molecule has 32 heavy (non-hydrogen) atoms. The van der Waals surface area contributed by atoms with E-state index in [-0.39, 0.29) is 6.85 Å². The van der Waals surface area contributed by atoms with E-state index in [0.717, 1.165) is 5.70 Å². The Balaban J connectivity index is 1.67. The van der Waals surface area contributed by atoms with Crippen LogP contribution < -0.4 is 10.9 Å². The fourth-order valence-electron chi connectivity index (χ4n) is 4.21. The van der Waals surface area contributed by atoms with Crippen molar-refractivity contribution < 1.29 is 0 Å². The van der Waals surface area contributed by atoms with Crippen LogP contribution >= 0.6 is 45.3 Å². The van der Waals surface area contributed by atoms with Gasteiger partial charge in [-0.15, -0.1) is 0 Å². The highest BCUT2D eigenvalue weighted by molar-refractivity contribution is 7.11. The number of allylic oxidation sites excluding steroid dienone is 2. The van der Waals surface area contributed by atoms with E-state index in [1.54, 1.807) is 45.3 Å². The number of rotatable bonds is 6. The van der Waals surface area contributed by atoms with Gasteiger partial charge >= 0.3 is 6.85 Å². The van der Waals surface area contributed by atoms with Gasteiger partial charge in [0.15, 0.2) is 0 Å². The lowest BCUT2D eigenvalue weighted by Crippen LogP contribution is -2.48. The van der Waals surface area contributed by atoms with Gasteiger partial charge in [0.2, 0.25) is 0 Å². The second-order valence-corrected chi connectivity index (χ2v) is 10.5. The molecule has 0 saturated heterocycles. The summed E-state index contributed by atoms with van der Waals surface area (Å²) in [6.07, 6.45) is 6.01. The Hall–Kier alpha value is -2.71. The predicted octanol–water partition coefficient (Wildman–Crippen LogP) is 6.46. The molecule has 5 aromatic rings. The molecule has 0 N–H and O–H groups in total. The molecule has 0 aromatic carbocycles. The Morgan fingerprint density at radius 3 is 2.06 bits per heavy atom. The van der Waals surface area contributed by atoms with Crippen LogP contribution in [0, 0.1) is 0 Å². The van der Waals surface area contributed by atoms with Crippen LogP contribution in [-0.4, -0.2) is 17.5 Å². The molecule has 0 radical (unpaired) electrons. The van der Waals surface area contributed by atoms with Gasteiger partial charge in [0.1, 0.15) is 0 Å². The minimum Gasteiger partial charge on any atom is -0.376 e. The van der Waals surface area contributed by atoms with Gasteiger partial charge in [-0.1, -0.05) is 12.1 Å². The van der Waals surface area contributed by atoms with Crippen LogP contribution in [-0.2, 0) is 0 Å². The Labute approximate surface area is 203 Å². The number of hydrogen-bond acceptors (Lipinski definition) is 5. The highest BCUT2D eigenvalue weighted by Crippen LogP contribution is 2.35. The summed E-state index contributed by atoms with van der Waals surface area (Å²) in [4.78, 5) is 4.71. The second-order valence-electron chi connectivity index (χ2n) is 7.41. The third-order valence-corrected chi connectivity index (χ3v) is 8.36. The van der Waals surface area contributed by atoms with Crippen LogP contribution in [0.3, 0.4) is 0 Å². The van der Waals surface area contributed by atoms with Crippen LogP contribution in [0.15, 0.2) is 102 Å². The molecule has 2 nitrogen and oxygen atoms in total. The molecular formula is C25H17BN2S4. The monoisotopic (exact) mass is 484 g/mol. The lowest BCUT2D eigenvalue weighted by Gasteiger charge is -2.22. The van der Waals surface area contributed by atoms with Gasteiger partial charge in [0.05, 0.1) is 5.70 Å². The molecule has 1 aliphatic rings. The van der Waals surface area contributed by atoms with Gasteiger partial charge in [0.25, 0.3) is 0 Å². The number of hydrogen-bond donors (Lipinski definition) is 0. The van der Waals surface area contributed by atoms with E-state index >= 15 is 0 Å². The van der Waals surface area contributed by atoms with Gasteiger partial charge < -0.3 is 4.48 Å². The van der Waals surface area contributed by atoms with Crippen molar-refractivity contribution in [3.8, 4) is 11.3 Å². The van der Waals surface area contributed by atoms with Crippen molar-refractivity contribution in [2.24, 2.45) is 4.99 Å². The van der Waals surface area contributed by atoms with E-state index in [1.165, 1.54) is 39.0 Å². The maximum atomic E-state index is 4.71. The average Bonchev–Trinajstić information content (AvgIpc) is 3.67. The summed E-state index contributed by atoms with van der Waals surface area (Å²) < 4.78 is 2.51. The molecule has 0 saturated carbocycles. The standard InChI is InChI=1S/C25H17BN2S4/c1-2-22(27-9-1)25(19-6-11-30-15-19)24-4-3-23(18-5-10-29-14-18)28(24)26(20-7-12-31-16-20)21-8-13-32-17-21/h1-17H/b25-22-. The van der Waals surface area contributed by atoms with Crippen LogP contribution in [0.5, 0.6) is 0 Å². The minimum atomic E-state index is 0.0935. The minimum absolute atomic E-state index is 0.0935. The molecule has 0 aliphatic carbocycles. The van der Waals surface area contributed by atoms with Crippen LogP contribution in [0.1, 0.15) is 11.3 Å². The zero-order chi connectivity index (χ0) is 21.3. The number of aromatic nitrogens is 1. The van der Waals surface area contributed by atoms with Gasteiger partial charge in [0, 0.05) is 28.7 Å². The van der Waals surface area contributed by atoms with Crippen molar-refractivity contribution in [3.05, 3.63) is 109 Å². The maximum absolute atomic E-state index is 4.71. The van der Waals surface area contributed by atoms with Gasteiger partial charge in [-0.2, -0.15) is 45.3 Å². The first-order valence-electron chi connectivity index (χ1n) is 10.2. The molecule has 5 aromatic heterocycles. The quantitative estimate of drug-likeness (QED) is 0.246. The summed E-state index contributed by atoms with van der Waals surface area (Å²) in [5, 5.41) is 17.6. The van der Waals surface area contributed by atoms with E-state index in [9.17, 15) is 0 Å². The normalized spacial score (nSPS) is 14.4. The van der Waals surface area contributed by atoms with Gasteiger partial charge in [-0.25, -0.2) is 0 Å². The predicted molar refractivity (Wildman–Crippen MR) is 145 cm³/mol.